The molecule has 2 rings (SSSR count). The van der Waals surface area contributed by atoms with E-state index in [-0.39, 0.29) is 5.91 Å². The van der Waals surface area contributed by atoms with Crippen LogP contribution in [0, 0.1) is 6.92 Å². The Hall–Kier alpha value is -2.14. The second-order valence-corrected chi connectivity index (χ2v) is 5.69. The molecule has 1 amide bonds. The summed E-state index contributed by atoms with van der Waals surface area (Å²) in [7, 11) is 3.40. The average molecular weight is 302 g/mol. The number of aromatic nitrogens is 1. The van der Waals surface area contributed by atoms with E-state index in [0.717, 1.165) is 22.0 Å². The predicted octanol–water partition coefficient (Wildman–Crippen LogP) is 3.13. The Morgan fingerprint density at radius 1 is 1.43 bits per heavy atom. The maximum Gasteiger partial charge on any atom is 0.246 e. The fraction of sp³-hybridized carbons (Fsp3) is 0.250. The van der Waals surface area contributed by atoms with Crippen molar-refractivity contribution in [2.24, 2.45) is 0 Å². The number of ether oxygens (including phenoxy) is 1. The second-order valence-electron chi connectivity index (χ2n) is 4.63. The van der Waals surface area contributed by atoms with E-state index >= 15 is 0 Å². The number of rotatable bonds is 5. The lowest BCUT2D eigenvalue weighted by Gasteiger charge is -2.17. The average Bonchev–Trinajstić information content (AvgIpc) is 2.91. The quantitative estimate of drug-likeness (QED) is 0.797. The van der Waals surface area contributed by atoms with Crippen LogP contribution in [0.15, 0.2) is 35.7 Å². The number of hydrogen-bond donors (Lipinski definition) is 0. The number of nitrogens with zero attached hydrogens (tertiary/aromatic N) is 2. The minimum atomic E-state index is -0.0634. The highest BCUT2D eigenvalue weighted by molar-refractivity contribution is 7.09. The topological polar surface area (TPSA) is 42.4 Å². The van der Waals surface area contributed by atoms with Crippen LogP contribution in [0.4, 0.5) is 0 Å². The molecule has 0 bridgehead atoms. The molecule has 0 N–H and O–H groups in total. The van der Waals surface area contributed by atoms with Gasteiger partial charge in [-0.25, -0.2) is 4.98 Å². The van der Waals surface area contributed by atoms with Crippen LogP contribution < -0.4 is 4.74 Å². The summed E-state index contributed by atoms with van der Waals surface area (Å²) < 4.78 is 5.29. The summed E-state index contributed by atoms with van der Waals surface area (Å²) in [6.07, 6.45) is 3.29. The van der Waals surface area contributed by atoms with Gasteiger partial charge >= 0.3 is 0 Å². The number of hydrogen-bond acceptors (Lipinski definition) is 4. The fourth-order valence-electron chi connectivity index (χ4n) is 1.91. The molecule has 0 spiro atoms. The molecule has 2 aromatic rings. The number of benzene rings is 1. The molecule has 0 saturated heterocycles. The summed E-state index contributed by atoms with van der Waals surface area (Å²) in [5.74, 6) is 0.725. The molecule has 0 aliphatic rings. The standard InChI is InChI=1S/C16H18N2O2S/c1-12-17-14(11-21-12)8-9-16(19)18(2)10-13-6-4-5-7-15(13)20-3/h4-9,11H,10H2,1-3H3. The molecule has 0 aliphatic heterocycles. The smallest absolute Gasteiger partial charge is 0.246 e. The number of amides is 1. The van der Waals surface area contributed by atoms with Crippen molar-refractivity contribution in [3.8, 4) is 5.75 Å². The van der Waals surface area contributed by atoms with Gasteiger partial charge in [0.2, 0.25) is 5.91 Å². The molecule has 1 aromatic heterocycles. The zero-order valence-electron chi connectivity index (χ0n) is 12.4. The Kier molecular flexibility index (Phi) is 5.11. The molecule has 1 heterocycles. The molecule has 21 heavy (non-hydrogen) atoms. The Morgan fingerprint density at radius 2 is 2.19 bits per heavy atom. The van der Waals surface area contributed by atoms with E-state index in [2.05, 4.69) is 4.98 Å². The lowest BCUT2D eigenvalue weighted by molar-refractivity contribution is -0.125. The summed E-state index contributed by atoms with van der Waals surface area (Å²) >= 11 is 1.57. The monoisotopic (exact) mass is 302 g/mol. The molecular formula is C16H18N2O2S. The molecule has 0 saturated carbocycles. The van der Waals surface area contributed by atoms with Crippen molar-refractivity contribution in [1.29, 1.82) is 0 Å². The number of thiazole rings is 1. The van der Waals surface area contributed by atoms with Crippen LogP contribution in [0.1, 0.15) is 16.3 Å². The maximum absolute atomic E-state index is 12.1. The van der Waals surface area contributed by atoms with Gasteiger partial charge in [0, 0.05) is 30.6 Å². The third kappa shape index (κ3) is 4.16. The lowest BCUT2D eigenvalue weighted by atomic mass is 10.2. The Labute approximate surface area is 128 Å². The van der Waals surface area contributed by atoms with Gasteiger partial charge in [-0.3, -0.25) is 4.79 Å². The van der Waals surface area contributed by atoms with Crippen molar-refractivity contribution < 1.29 is 9.53 Å². The molecule has 4 nitrogen and oxygen atoms in total. The van der Waals surface area contributed by atoms with Crippen molar-refractivity contribution in [2.75, 3.05) is 14.2 Å². The van der Waals surface area contributed by atoms with Gasteiger partial charge < -0.3 is 9.64 Å². The normalized spacial score (nSPS) is 10.8. The van der Waals surface area contributed by atoms with Crippen molar-refractivity contribution in [2.45, 2.75) is 13.5 Å². The van der Waals surface area contributed by atoms with Gasteiger partial charge in [-0.1, -0.05) is 18.2 Å². The predicted molar refractivity (Wildman–Crippen MR) is 85.4 cm³/mol. The van der Waals surface area contributed by atoms with Crippen molar-refractivity contribution >= 4 is 23.3 Å². The van der Waals surface area contributed by atoms with Crippen LogP contribution in [0.2, 0.25) is 0 Å². The van der Waals surface area contributed by atoms with Gasteiger partial charge in [0.1, 0.15) is 5.75 Å². The number of carbonyl (C=O) groups is 1. The SMILES string of the molecule is COc1ccccc1CN(C)C(=O)C=Cc1csc(C)n1. The number of para-hydroxylation sites is 1. The minimum absolute atomic E-state index is 0.0634. The van der Waals surface area contributed by atoms with Crippen molar-refractivity contribution in [1.82, 2.24) is 9.88 Å². The molecule has 0 fully saturated rings. The van der Waals surface area contributed by atoms with Crippen LogP contribution in [0.5, 0.6) is 5.75 Å². The molecule has 1 aromatic carbocycles. The van der Waals surface area contributed by atoms with E-state index in [1.807, 2.05) is 36.6 Å². The lowest BCUT2D eigenvalue weighted by Crippen LogP contribution is -2.24. The van der Waals surface area contributed by atoms with Gasteiger partial charge in [0.05, 0.1) is 17.8 Å². The number of methoxy groups -OCH3 is 1. The first-order valence-electron chi connectivity index (χ1n) is 6.57. The molecule has 0 unspecified atom stereocenters. The highest BCUT2D eigenvalue weighted by Gasteiger charge is 2.09. The van der Waals surface area contributed by atoms with Crippen molar-refractivity contribution in [3.05, 3.63) is 52.0 Å². The van der Waals surface area contributed by atoms with Crippen molar-refractivity contribution in [3.63, 3.8) is 0 Å². The van der Waals surface area contributed by atoms with Gasteiger partial charge in [-0.2, -0.15) is 0 Å². The number of likely N-dealkylation sites (N-methyl/N-ethyl adjacent to an activating group) is 1. The fourth-order valence-corrected chi connectivity index (χ4v) is 2.49. The van der Waals surface area contributed by atoms with E-state index in [4.69, 9.17) is 4.74 Å². The molecule has 0 aliphatic carbocycles. The zero-order chi connectivity index (χ0) is 15.2. The van der Waals surface area contributed by atoms with E-state index < -0.39 is 0 Å². The van der Waals surface area contributed by atoms with Crippen LogP contribution in [-0.4, -0.2) is 29.9 Å². The molecule has 0 radical (unpaired) electrons. The summed E-state index contributed by atoms with van der Waals surface area (Å²) in [4.78, 5) is 18.0. The minimum Gasteiger partial charge on any atom is -0.496 e. The molecular weight excluding hydrogens is 284 g/mol. The van der Waals surface area contributed by atoms with Crippen LogP contribution >= 0.6 is 11.3 Å². The largest absolute Gasteiger partial charge is 0.496 e. The first-order valence-corrected chi connectivity index (χ1v) is 7.45. The number of carbonyl (C=O) groups excluding carboxylic acids is 1. The van der Waals surface area contributed by atoms with Gasteiger partial charge in [0.15, 0.2) is 0 Å². The third-order valence-electron chi connectivity index (χ3n) is 3.01. The van der Waals surface area contributed by atoms with E-state index in [0.29, 0.717) is 6.54 Å². The highest BCUT2D eigenvalue weighted by atomic mass is 32.1. The Bertz CT molecular complexity index is 649. The summed E-state index contributed by atoms with van der Waals surface area (Å²) in [6, 6.07) is 7.69. The van der Waals surface area contributed by atoms with Gasteiger partial charge in [0.25, 0.3) is 0 Å². The Balaban J connectivity index is 2.01. The van der Waals surface area contributed by atoms with Crippen LogP contribution in [-0.2, 0) is 11.3 Å². The second kappa shape index (κ2) is 7.04. The summed E-state index contributed by atoms with van der Waals surface area (Å²) in [5.41, 5.74) is 1.80. The van der Waals surface area contributed by atoms with E-state index in [9.17, 15) is 4.79 Å². The molecule has 110 valence electrons. The van der Waals surface area contributed by atoms with Gasteiger partial charge in [-0.15, -0.1) is 11.3 Å². The summed E-state index contributed by atoms with van der Waals surface area (Å²) in [6.45, 7) is 2.45. The zero-order valence-corrected chi connectivity index (χ0v) is 13.2. The maximum atomic E-state index is 12.1. The number of aryl methyl sites for hydroxylation is 1. The van der Waals surface area contributed by atoms with Gasteiger partial charge in [-0.05, 0) is 19.1 Å². The third-order valence-corrected chi connectivity index (χ3v) is 3.80. The summed E-state index contributed by atoms with van der Waals surface area (Å²) in [5, 5.41) is 2.92. The van der Waals surface area contributed by atoms with E-state index in [1.54, 1.807) is 42.5 Å². The van der Waals surface area contributed by atoms with Crippen LogP contribution in [0.3, 0.4) is 0 Å². The first kappa shape index (κ1) is 15.3. The first-order chi connectivity index (χ1) is 10.1. The molecule has 5 heteroatoms. The highest BCUT2D eigenvalue weighted by Crippen LogP contribution is 2.19. The molecule has 0 atom stereocenters. The Morgan fingerprint density at radius 3 is 2.86 bits per heavy atom. The van der Waals surface area contributed by atoms with Crippen LogP contribution in [0.25, 0.3) is 6.08 Å². The van der Waals surface area contributed by atoms with E-state index in [1.165, 1.54) is 0 Å².